The third kappa shape index (κ3) is 6.23. The molecule has 202 valence electrons. The van der Waals surface area contributed by atoms with Crippen LogP contribution in [0.3, 0.4) is 0 Å². The Morgan fingerprint density at radius 1 is 0.974 bits per heavy atom. The van der Waals surface area contributed by atoms with Crippen LogP contribution in [0.15, 0.2) is 79.2 Å². The Morgan fingerprint density at radius 3 is 2.41 bits per heavy atom. The molecule has 5 rings (SSSR count). The smallest absolute Gasteiger partial charge is 0.324 e. The van der Waals surface area contributed by atoms with Crippen molar-refractivity contribution in [1.29, 1.82) is 0 Å². The molecular weight excluding hydrogens is 490 g/mol. The number of benzene rings is 3. The molecule has 1 fully saturated rings. The fourth-order valence-corrected chi connectivity index (χ4v) is 4.39. The van der Waals surface area contributed by atoms with E-state index in [-0.39, 0.29) is 11.4 Å². The van der Waals surface area contributed by atoms with E-state index in [1.165, 1.54) is 0 Å². The molecule has 3 aromatic carbocycles. The molecule has 1 saturated heterocycles. The van der Waals surface area contributed by atoms with Gasteiger partial charge in [0.05, 0.1) is 30.3 Å². The molecule has 1 aliphatic heterocycles. The van der Waals surface area contributed by atoms with Crippen molar-refractivity contribution < 1.29 is 14.3 Å². The maximum absolute atomic E-state index is 13.2. The zero-order valence-electron chi connectivity index (χ0n) is 22.9. The molecule has 0 saturated carbocycles. The number of amides is 2. The Kier molecular flexibility index (Phi) is 7.56. The van der Waals surface area contributed by atoms with Gasteiger partial charge in [-0.1, -0.05) is 62.7 Å². The van der Waals surface area contributed by atoms with Crippen molar-refractivity contribution >= 4 is 28.3 Å². The Morgan fingerprint density at radius 2 is 1.69 bits per heavy atom. The van der Waals surface area contributed by atoms with Gasteiger partial charge in [0.1, 0.15) is 17.8 Å². The van der Waals surface area contributed by atoms with Crippen molar-refractivity contribution in [2.75, 3.05) is 36.9 Å². The number of carbonyl (C=O) groups is 1. The van der Waals surface area contributed by atoms with E-state index < -0.39 is 0 Å². The van der Waals surface area contributed by atoms with Crippen molar-refractivity contribution in [1.82, 2.24) is 14.7 Å². The molecule has 2 heterocycles. The summed E-state index contributed by atoms with van der Waals surface area (Å²) >= 11 is 0. The third-order valence-electron chi connectivity index (χ3n) is 6.64. The van der Waals surface area contributed by atoms with Crippen LogP contribution in [0.1, 0.15) is 32.0 Å². The highest BCUT2D eigenvalue weighted by Gasteiger charge is 2.22. The number of nitrogens with one attached hydrogen (secondary N) is 2. The summed E-state index contributed by atoms with van der Waals surface area (Å²) in [4.78, 5) is 15.4. The Labute approximate surface area is 229 Å². The number of aromatic nitrogens is 2. The summed E-state index contributed by atoms with van der Waals surface area (Å²) < 4.78 is 13.1. The molecule has 0 radical (unpaired) electrons. The second kappa shape index (κ2) is 11.2. The van der Waals surface area contributed by atoms with Crippen LogP contribution in [-0.4, -0.2) is 47.0 Å². The van der Waals surface area contributed by atoms with Gasteiger partial charge in [-0.25, -0.2) is 9.48 Å². The minimum absolute atomic E-state index is 0.175. The normalized spacial score (nSPS) is 14.1. The molecule has 4 aromatic rings. The minimum Gasteiger partial charge on any atom is -0.463 e. The first-order chi connectivity index (χ1) is 18.8. The number of fused-ring (bicyclic) bond motifs is 1. The van der Waals surface area contributed by atoms with Gasteiger partial charge in [-0.3, -0.25) is 5.32 Å². The quantitative estimate of drug-likeness (QED) is 0.283. The van der Waals surface area contributed by atoms with Crippen molar-refractivity contribution in [2.24, 2.45) is 0 Å². The zero-order chi connectivity index (χ0) is 27.4. The molecule has 2 N–H and O–H groups in total. The first-order valence-electron chi connectivity index (χ1n) is 13.2. The van der Waals surface area contributed by atoms with Gasteiger partial charge in [0.25, 0.3) is 0 Å². The number of ether oxygens (including phenoxy) is 2. The number of rotatable bonds is 6. The van der Waals surface area contributed by atoms with Crippen LogP contribution in [0, 0.1) is 6.92 Å². The van der Waals surface area contributed by atoms with Gasteiger partial charge in [0.2, 0.25) is 0 Å². The van der Waals surface area contributed by atoms with E-state index in [2.05, 4.69) is 36.3 Å². The van der Waals surface area contributed by atoms with Crippen LogP contribution in [0.25, 0.3) is 16.5 Å². The number of hydrogen-bond donors (Lipinski definition) is 2. The Balaban J connectivity index is 1.36. The average molecular weight is 526 g/mol. The molecule has 8 nitrogen and oxygen atoms in total. The third-order valence-corrected chi connectivity index (χ3v) is 6.64. The molecule has 0 unspecified atom stereocenters. The lowest BCUT2D eigenvalue weighted by atomic mass is 9.92. The number of aryl methyl sites for hydroxylation is 1. The second-order valence-corrected chi connectivity index (χ2v) is 10.7. The summed E-state index contributed by atoms with van der Waals surface area (Å²) in [5, 5.41) is 12.6. The summed E-state index contributed by atoms with van der Waals surface area (Å²) in [6.45, 7) is 11.5. The van der Waals surface area contributed by atoms with Gasteiger partial charge in [-0.05, 0) is 31.2 Å². The Hall–Kier alpha value is -4.30. The summed E-state index contributed by atoms with van der Waals surface area (Å²) in [6, 6.07) is 21.2. The molecule has 0 aliphatic carbocycles. The molecule has 8 heteroatoms. The standard InChI is InChI=1S/C31H35N5O3/c1-22-9-11-23(12-10-22)36-29(21-28(34-36)31(2,3)4)33-30(37)32-26-13-14-27(25-8-6-5-7-24(25)26)39-20-17-35-15-18-38-19-16-35/h5-14,17,20-21H,15-16,18-19H2,1-4H3,(H2,32,33,37)/b20-17+. The van der Waals surface area contributed by atoms with Crippen molar-refractivity contribution in [3.8, 4) is 11.4 Å². The lowest BCUT2D eigenvalue weighted by Crippen LogP contribution is -2.32. The summed E-state index contributed by atoms with van der Waals surface area (Å²) in [5.41, 5.74) is 3.43. The van der Waals surface area contributed by atoms with Gasteiger partial charge in [0.15, 0.2) is 0 Å². The summed E-state index contributed by atoms with van der Waals surface area (Å²) in [6.07, 6.45) is 3.64. The van der Waals surface area contributed by atoms with Crippen LogP contribution in [0.4, 0.5) is 16.3 Å². The van der Waals surface area contributed by atoms with Crippen LogP contribution in [-0.2, 0) is 10.2 Å². The summed E-state index contributed by atoms with van der Waals surface area (Å²) in [7, 11) is 0. The highest BCUT2D eigenvalue weighted by atomic mass is 16.5. The SMILES string of the molecule is Cc1ccc(-n2nc(C(C)(C)C)cc2NC(=O)Nc2ccc(O/C=C/N3CCOCC3)c3ccccc23)cc1. The van der Waals surface area contributed by atoms with Gasteiger partial charge < -0.3 is 19.7 Å². The highest BCUT2D eigenvalue weighted by Crippen LogP contribution is 2.32. The van der Waals surface area contributed by atoms with Gasteiger partial charge in [-0.15, -0.1) is 0 Å². The molecular formula is C31H35N5O3. The minimum atomic E-state index is -0.352. The molecule has 2 amide bonds. The topological polar surface area (TPSA) is 80.7 Å². The van der Waals surface area contributed by atoms with Crippen LogP contribution >= 0.6 is 0 Å². The number of hydrogen-bond acceptors (Lipinski definition) is 5. The molecule has 1 aliphatic rings. The van der Waals surface area contributed by atoms with E-state index in [0.29, 0.717) is 17.3 Å². The zero-order valence-corrected chi connectivity index (χ0v) is 22.9. The van der Waals surface area contributed by atoms with Gasteiger partial charge in [0, 0.05) is 41.5 Å². The number of urea groups is 1. The molecule has 0 spiro atoms. The van der Waals surface area contributed by atoms with Crippen LogP contribution < -0.4 is 15.4 Å². The lowest BCUT2D eigenvalue weighted by Gasteiger charge is -2.24. The van der Waals surface area contributed by atoms with E-state index in [9.17, 15) is 4.79 Å². The Bertz CT molecular complexity index is 1480. The van der Waals surface area contributed by atoms with Crippen molar-refractivity contribution in [3.63, 3.8) is 0 Å². The number of anilines is 2. The van der Waals surface area contributed by atoms with Crippen molar-refractivity contribution in [2.45, 2.75) is 33.1 Å². The maximum Gasteiger partial charge on any atom is 0.324 e. The summed E-state index contributed by atoms with van der Waals surface area (Å²) in [5.74, 6) is 1.31. The van der Waals surface area contributed by atoms with E-state index in [1.807, 2.05) is 79.9 Å². The number of carbonyl (C=O) groups excluding carboxylic acids is 1. The van der Waals surface area contributed by atoms with E-state index in [1.54, 1.807) is 10.9 Å². The number of morpholine rings is 1. The fraction of sp³-hybridized carbons (Fsp3) is 0.290. The monoisotopic (exact) mass is 525 g/mol. The predicted octanol–water partition coefficient (Wildman–Crippen LogP) is 6.46. The first-order valence-corrected chi connectivity index (χ1v) is 13.2. The second-order valence-electron chi connectivity index (χ2n) is 10.7. The first kappa shape index (κ1) is 26.3. The van der Waals surface area contributed by atoms with E-state index in [4.69, 9.17) is 14.6 Å². The predicted molar refractivity (Wildman–Crippen MR) is 156 cm³/mol. The van der Waals surface area contributed by atoms with E-state index >= 15 is 0 Å². The van der Waals surface area contributed by atoms with Gasteiger partial charge >= 0.3 is 6.03 Å². The lowest BCUT2D eigenvalue weighted by molar-refractivity contribution is 0.0586. The largest absolute Gasteiger partial charge is 0.463 e. The van der Waals surface area contributed by atoms with Crippen LogP contribution in [0.2, 0.25) is 0 Å². The number of nitrogens with zero attached hydrogens (tertiary/aromatic N) is 3. The molecule has 0 atom stereocenters. The van der Waals surface area contributed by atoms with Crippen LogP contribution in [0.5, 0.6) is 5.75 Å². The molecule has 39 heavy (non-hydrogen) atoms. The van der Waals surface area contributed by atoms with Crippen molar-refractivity contribution in [3.05, 3.63) is 90.4 Å². The van der Waals surface area contributed by atoms with E-state index in [0.717, 1.165) is 54.0 Å². The fourth-order valence-electron chi connectivity index (χ4n) is 4.39. The average Bonchev–Trinajstić information content (AvgIpc) is 3.35. The molecule has 1 aromatic heterocycles. The molecule has 0 bridgehead atoms. The maximum atomic E-state index is 13.2. The highest BCUT2D eigenvalue weighted by molar-refractivity contribution is 6.07. The van der Waals surface area contributed by atoms with Gasteiger partial charge in [-0.2, -0.15) is 5.10 Å².